The number of anilines is 1. The van der Waals surface area contributed by atoms with Gasteiger partial charge in [0.15, 0.2) is 0 Å². The molecule has 1 atom stereocenters. The molecule has 0 saturated carbocycles. The molecule has 230 valence electrons. The van der Waals surface area contributed by atoms with Crippen molar-refractivity contribution in [2.24, 2.45) is 0 Å². The van der Waals surface area contributed by atoms with Crippen LogP contribution in [-0.2, 0) is 32.6 Å². The SMILES string of the molecule is CCOc1ccccc1N(CC(=O)N(Cc1cccc(Cl)c1)[C@@H](Cc1ccccc1)C(=O)NC)S(=O)(=O)c1ccc(C)cc1. The highest BCUT2D eigenvalue weighted by molar-refractivity contribution is 7.92. The van der Waals surface area contributed by atoms with E-state index in [4.69, 9.17) is 16.3 Å². The lowest BCUT2D eigenvalue weighted by Gasteiger charge is -2.34. The van der Waals surface area contributed by atoms with Crippen molar-refractivity contribution < 1.29 is 22.7 Å². The van der Waals surface area contributed by atoms with Crippen LogP contribution in [0.25, 0.3) is 0 Å². The number of sulfonamides is 1. The van der Waals surface area contributed by atoms with Crippen LogP contribution in [0.15, 0.2) is 108 Å². The number of hydrogen-bond donors (Lipinski definition) is 1. The fourth-order valence-corrected chi connectivity index (χ4v) is 6.48. The van der Waals surface area contributed by atoms with E-state index in [-0.39, 0.29) is 29.5 Å². The maximum absolute atomic E-state index is 14.4. The minimum Gasteiger partial charge on any atom is -0.492 e. The molecule has 0 saturated heterocycles. The zero-order valence-corrected chi connectivity index (χ0v) is 26.5. The number of nitrogens with zero attached hydrogens (tertiary/aromatic N) is 2. The number of carbonyl (C=O) groups excluding carboxylic acids is 2. The van der Waals surface area contributed by atoms with Crippen molar-refractivity contribution in [2.75, 3.05) is 24.5 Å². The summed E-state index contributed by atoms with van der Waals surface area (Å²) in [6, 6.07) is 28.5. The average molecular weight is 634 g/mol. The molecule has 0 radical (unpaired) electrons. The summed E-state index contributed by atoms with van der Waals surface area (Å²) in [7, 11) is -2.74. The molecule has 0 aliphatic rings. The number of carbonyl (C=O) groups is 2. The predicted molar refractivity (Wildman–Crippen MR) is 173 cm³/mol. The normalized spacial score (nSPS) is 11.8. The minimum absolute atomic E-state index is 0.0237. The smallest absolute Gasteiger partial charge is 0.264 e. The third kappa shape index (κ3) is 7.98. The van der Waals surface area contributed by atoms with E-state index >= 15 is 0 Å². The standard InChI is InChI=1S/C34H36ClN3O5S/c1-4-43-32-16-9-8-15-30(32)38(44(41,42)29-19-17-25(2)18-20-29)24-33(39)37(23-27-13-10-14-28(35)21-27)31(34(40)36-3)22-26-11-6-5-7-12-26/h5-21,31H,4,22-24H2,1-3H3,(H,36,40)/t31-/m0/s1. The molecule has 1 N–H and O–H groups in total. The third-order valence-electron chi connectivity index (χ3n) is 7.08. The summed E-state index contributed by atoms with van der Waals surface area (Å²) in [5, 5.41) is 3.15. The number of benzene rings is 4. The molecule has 0 fully saturated rings. The Morgan fingerprint density at radius 3 is 2.20 bits per heavy atom. The van der Waals surface area contributed by atoms with E-state index in [1.54, 1.807) is 67.6 Å². The number of ether oxygens (including phenoxy) is 1. The second-order valence-corrected chi connectivity index (χ2v) is 12.5. The fourth-order valence-electron chi connectivity index (χ4n) is 4.84. The second-order valence-electron chi connectivity index (χ2n) is 10.2. The first-order chi connectivity index (χ1) is 21.1. The van der Waals surface area contributed by atoms with Crippen molar-refractivity contribution in [2.45, 2.75) is 37.8 Å². The second kappa shape index (κ2) is 14.9. The van der Waals surface area contributed by atoms with Crippen LogP contribution in [0.3, 0.4) is 0 Å². The van der Waals surface area contributed by atoms with E-state index in [2.05, 4.69) is 5.32 Å². The Morgan fingerprint density at radius 2 is 1.55 bits per heavy atom. The third-order valence-corrected chi connectivity index (χ3v) is 9.09. The molecule has 0 bridgehead atoms. The van der Waals surface area contributed by atoms with E-state index in [0.29, 0.717) is 22.9 Å². The highest BCUT2D eigenvalue weighted by atomic mass is 35.5. The van der Waals surface area contributed by atoms with Gasteiger partial charge in [-0.2, -0.15) is 0 Å². The van der Waals surface area contributed by atoms with Crippen LogP contribution in [0.4, 0.5) is 5.69 Å². The van der Waals surface area contributed by atoms with Gasteiger partial charge >= 0.3 is 0 Å². The van der Waals surface area contributed by atoms with E-state index in [0.717, 1.165) is 15.4 Å². The number of nitrogens with one attached hydrogen (secondary N) is 1. The minimum atomic E-state index is -4.25. The number of halogens is 1. The maximum atomic E-state index is 14.4. The Kier molecular flexibility index (Phi) is 11.0. The average Bonchev–Trinajstić information content (AvgIpc) is 3.02. The molecule has 44 heavy (non-hydrogen) atoms. The largest absolute Gasteiger partial charge is 0.492 e. The van der Waals surface area contributed by atoms with Crippen LogP contribution in [-0.4, -0.2) is 51.4 Å². The molecule has 0 aromatic heterocycles. The van der Waals surface area contributed by atoms with Gasteiger partial charge in [0.25, 0.3) is 10.0 Å². The van der Waals surface area contributed by atoms with Gasteiger partial charge in [0.05, 0.1) is 17.2 Å². The van der Waals surface area contributed by atoms with Crippen LogP contribution in [0.1, 0.15) is 23.6 Å². The van der Waals surface area contributed by atoms with Crippen molar-refractivity contribution in [1.29, 1.82) is 0 Å². The van der Waals surface area contributed by atoms with Gasteiger partial charge in [-0.1, -0.05) is 83.9 Å². The number of likely N-dealkylation sites (N-methyl/N-ethyl adjacent to an activating group) is 1. The van der Waals surface area contributed by atoms with Gasteiger partial charge in [-0.05, 0) is 61.4 Å². The molecular formula is C34H36ClN3O5S. The molecule has 4 aromatic rings. The number of para-hydroxylation sites is 2. The Labute approximate surface area is 264 Å². The van der Waals surface area contributed by atoms with Crippen LogP contribution >= 0.6 is 11.6 Å². The first kappa shape index (κ1) is 32.6. The fraction of sp³-hybridized carbons (Fsp3) is 0.235. The Hall–Kier alpha value is -4.34. The summed E-state index contributed by atoms with van der Waals surface area (Å²) < 4.78 is 35.3. The molecule has 10 heteroatoms. The van der Waals surface area contributed by atoms with Gasteiger partial charge in [-0.3, -0.25) is 13.9 Å². The zero-order chi connectivity index (χ0) is 31.7. The molecule has 4 aromatic carbocycles. The van der Waals surface area contributed by atoms with Crippen molar-refractivity contribution in [1.82, 2.24) is 10.2 Å². The monoisotopic (exact) mass is 633 g/mol. The van der Waals surface area contributed by atoms with Crippen LogP contribution in [0.2, 0.25) is 5.02 Å². The molecular weight excluding hydrogens is 598 g/mol. The summed E-state index contributed by atoms with van der Waals surface area (Å²) in [6.45, 7) is 3.39. The van der Waals surface area contributed by atoms with Crippen molar-refractivity contribution in [3.8, 4) is 5.75 Å². The highest BCUT2D eigenvalue weighted by Gasteiger charge is 2.35. The number of rotatable bonds is 13. The molecule has 2 amide bonds. The summed E-state index contributed by atoms with van der Waals surface area (Å²) in [4.78, 5) is 29.3. The van der Waals surface area contributed by atoms with Crippen molar-refractivity contribution in [3.63, 3.8) is 0 Å². The van der Waals surface area contributed by atoms with Crippen molar-refractivity contribution >= 4 is 39.1 Å². The van der Waals surface area contributed by atoms with Crippen LogP contribution in [0, 0.1) is 6.92 Å². The molecule has 0 spiro atoms. The van der Waals surface area contributed by atoms with Gasteiger partial charge < -0.3 is 15.0 Å². The lowest BCUT2D eigenvalue weighted by Crippen LogP contribution is -2.53. The van der Waals surface area contributed by atoms with E-state index in [9.17, 15) is 18.0 Å². The quantitative estimate of drug-likeness (QED) is 0.206. The van der Waals surface area contributed by atoms with E-state index in [1.165, 1.54) is 24.1 Å². The molecule has 0 aliphatic heterocycles. The molecule has 4 rings (SSSR count). The lowest BCUT2D eigenvalue weighted by molar-refractivity contribution is -0.139. The molecule has 0 heterocycles. The van der Waals surface area contributed by atoms with Crippen molar-refractivity contribution in [3.05, 3.63) is 125 Å². The van der Waals surface area contributed by atoms with Gasteiger partial charge in [-0.25, -0.2) is 8.42 Å². The number of amides is 2. The molecule has 0 unspecified atom stereocenters. The maximum Gasteiger partial charge on any atom is 0.264 e. The van der Waals surface area contributed by atoms with Crippen LogP contribution in [0.5, 0.6) is 5.75 Å². The first-order valence-electron chi connectivity index (χ1n) is 14.2. The predicted octanol–water partition coefficient (Wildman–Crippen LogP) is 5.63. The Balaban J connectivity index is 1.82. The highest BCUT2D eigenvalue weighted by Crippen LogP contribution is 2.33. The summed E-state index contributed by atoms with van der Waals surface area (Å²) in [6.07, 6.45) is 0.215. The van der Waals surface area contributed by atoms with E-state index in [1.807, 2.05) is 37.3 Å². The van der Waals surface area contributed by atoms with Gasteiger partial charge in [0.2, 0.25) is 11.8 Å². The number of aryl methyl sites for hydroxylation is 1. The van der Waals surface area contributed by atoms with Gasteiger partial charge in [-0.15, -0.1) is 0 Å². The lowest BCUT2D eigenvalue weighted by atomic mass is 10.0. The van der Waals surface area contributed by atoms with Gasteiger partial charge in [0.1, 0.15) is 18.3 Å². The number of hydrogen-bond acceptors (Lipinski definition) is 5. The Bertz CT molecular complexity index is 1680. The van der Waals surface area contributed by atoms with E-state index < -0.39 is 28.5 Å². The summed E-state index contributed by atoms with van der Waals surface area (Å²) in [5.41, 5.74) is 2.64. The Morgan fingerprint density at radius 1 is 0.886 bits per heavy atom. The zero-order valence-electron chi connectivity index (χ0n) is 24.9. The molecule has 8 nitrogen and oxygen atoms in total. The molecule has 0 aliphatic carbocycles. The first-order valence-corrected chi connectivity index (χ1v) is 16.1. The van der Waals surface area contributed by atoms with Gasteiger partial charge in [0, 0.05) is 25.0 Å². The summed E-state index contributed by atoms with van der Waals surface area (Å²) >= 11 is 6.27. The topological polar surface area (TPSA) is 96.0 Å². The summed E-state index contributed by atoms with van der Waals surface area (Å²) in [5.74, 6) is -0.643. The van der Waals surface area contributed by atoms with Crippen LogP contribution < -0.4 is 14.4 Å².